The Bertz CT molecular complexity index is 1110. The Morgan fingerprint density at radius 2 is 1.92 bits per heavy atom. The van der Waals surface area contributed by atoms with Gasteiger partial charge < -0.3 is 0 Å². The SMILES string of the molecule is Fc1ccc(F)c(-c2n[nH]c(=S)n2-c2cccc3ncccc23)c1. The van der Waals surface area contributed by atoms with E-state index < -0.39 is 11.6 Å². The lowest BCUT2D eigenvalue weighted by atomic mass is 10.1. The largest absolute Gasteiger partial charge is 0.267 e. The predicted octanol–water partition coefficient (Wildman–Crippen LogP) is 4.42. The predicted molar refractivity (Wildman–Crippen MR) is 89.4 cm³/mol. The Morgan fingerprint density at radius 1 is 1.04 bits per heavy atom. The van der Waals surface area contributed by atoms with Crippen molar-refractivity contribution in [2.45, 2.75) is 0 Å². The second kappa shape index (κ2) is 5.61. The van der Waals surface area contributed by atoms with Crippen LogP contribution in [0, 0.1) is 16.4 Å². The van der Waals surface area contributed by atoms with Crippen LogP contribution >= 0.6 is 12.2 Å². The molecule has 0 aliphatic rings. The molecular formula is C17H10F2N4S. The van der Waals surface area contributed by atoms with E-state index in [2.05, 4.69) is 15.2 Å². The number of pyridine rings is 1. The molecule has 4 nitrogen and oxygen atoms in total. The lowest BCUT2D eigenvalue weighted by Crippen LogP contribution is -2.01. The minimum atomic E-state index is -0.579. The number of fused-ring (bicyclic) bond motifs is 1. The standard InChI is InChI=1S/C17H10F2N4S/c18-10-6-7-13(19)12(9-10)16-21-22-17(24)23(16)15-5-1-4-14-11(15)3-2-8-20-14/h1-9H,(H,22,24). The molecule has 2 heterocycles. The average Bonchev–Trinajstić information content (AvgIpc) is 2.98. The number of aromatic nitrogens is 4. The van der Waals surface area contributed by atoms with Crippen LogP contribution in [0.25, 0.3) is 28.0 Å². The summed E-state index contributed by atoms with van der Waals surface area (Å²) in [6.45, 7) is 0. The van der Waals surface area contributed by atoms with Gasteiger partial charge in [-0.25, -0.2) is 8.78 Å². The molecule has 4 aromatic rings. The summed E-state index contributed by atoms with van der Waals surface area (Å²) in [6.07, 6.45) is 1.69. The van der Waals surface area contributed by atoms with Gasteiger partial charge in [0.2, 0.25) is 0 Å². The van der Waals surface area contributed by atoms with E-state index in [1.807, 2.05) is 24.3 Å². The lowest BCUT2D eigenvalue weighted by molar-refractivity contribution is 0.601. The Morgan fingerprint density at radius 3 is 2.79 bits per heavy atom. The molecule has 2 aromatic carbocycles. The van der Waals surface area contributed by atoms with Crippen LogP contribution in [0.2, 0.25) is 0 Å². The molecule has 24 heavy (non-hydrogen) atoms. The Hall–Kier alpha value is -2.93. The van der Waals surface area contributed by atoms with Crippen molar-refractivity contribution in [3.63, 3.8) is 0 Å². The number of benzene rings is 2. The number of nitrogens with one attached hydrogen (secondary N) is 1. The van der Waals surface area contributed by atoms with Gasteiger partial charge in [-0.05, 0) is 54.7 Å². The van der Waals surface area contributed by atoms with Crippen molar-refractivity contribution in [1.29, 1.82) is 0 Å². The molecule has 0 saturated carbocycles. The highest BCUT2D eigenvalue weighted by atomic mass is 32.1. The maximum absolute atomic E-state index is 14.2. The molecule has 0 bridgehead atoms. The van der Waals surface area contributed by atoms with Gasteiger partial charge in [-0.15, -0.1) is 0 Å². The molecule has 0 fully saturated rings. The number of hydrogen-bond donors (Lipinski definition) is 1. The summed E-state index contributed by atoms with van der Waals surface area (Å²) in [5.74, 6) is -0.926. The topological polar surface area (TPSA) is 46.5 Å². The second-order valence-corrected chi connectivity index (χ2v) is 5.55. The number of halogens is 2. The molecule has 1 N–H and O–H groups in total. The molecular weight excluding hydrogens is 330 g/mol. The van der Waals surface area contributed by atoms with Crippen LogP contribution in [0.4, 0.5) is 8.78 Å². The monoisotopic (exact) mass is 340 g/mol. The van der Waals surface area contributed by atoms with Crippen molar-refractivity contribution in [2.75, 3.05) is 0 Å². The number of nitrogens with zero attached hydrogens (tertiary/aromatic N) is 3. The van der Waals surface area contributed by atoms with E-state index in [0.29, 0.717) is 5.69 Å². The van der Waals surface area contributed by atoms with Crippen molar-refractivity contribution in [3.05, 3.63) is 71.1 Å². The van der Waals surface area contributed by atoms with E-state index in [0.717, 1.165) is 29.1 Å². The molecule has 0 aliphatic carbocycles. The Balaban J connectivity index is 2.05. The fourth-order valence-corrected chi connectivity index (χ4v) is 2.88. The molecule has 0 amide bonds. The lowest BCUT2D eigenvalue weighted by Gasteiger charge is -2.10. The molecule has 0 atom stereocenters. The van der Waals surface area contributed by atoms with Crippen molar-refractivity contribution >= 4 is 23.1 Å². The van der Waals surface area contributed by atoms with Gasteiger partial charge in [0.1, 0.15) is 11.6 Å². The fraction of sp³-hybridized carbons (Fsp3) is 0. The number of aromatic amines is 1. The fourth-order valence-electron chi connectivity index (χ4n) is 2.65. The summed E-state index contributed by atoms with van der Waals surface area (Å²) in [5, 5.41) is 7.57. The first-order chi connectivity index (χ1) is 11.6. The van der Waals surface area contributed by atoms with Crippen LogP contribution in [0.15, 0.2) is 54.7 Å². The van der Waals surface area contributed by atoms with Crippen LogP contribution in [0.3, 0.4) is 0 Å². The van der Waals surface area contributed by atoms with Crippen LogP contribution in [-0.4, -0.2) is 19.7 Å². The van der Waals surface area contributed by atoms with E-state index in [1.54, 1.807) is 16.8 Å². The van der Waals surface area contributed by atoms with Gasteiger partial charge in [0, 0.05) is 11.6 Å². The third kappa shape index (κ3) is 2.30. The molecule has 0 saturated heterocycles. The highest BCUT2D eigenvalue weighted by Crippen LogP contribution is 2.28. The Labute approximate surface area is 140 Å². The Kier molecular flexibility index (Phi) is 3.42. The number of hydrogen-bond acceptors (Lipinski definition) is 3. The molecule has 0 spiro atoms. The van der Waals surface area contributed by atoms with E-state index >= 15 is 0 Å². The van der Waals surface area contributed by atoms with Gasteiger partial charge in [0.05, 0.1) is 16.8 Å². The van der Waals surface area contributed by atoms with E-state index in [-0.39, 0.29) is 16.2 Å². The molecule has 118 valence electrons. The first-order valence-electron chi connectivity index (χ1n) is 7.12. The van der Waals surface area contributed by atoms with Gasteiger partial charge in [-0.3, -0.25) is 14.6 Å². The minimum Gasteiger partial charge on any atom is -0.267 e. The average molecular weight is 340 g/mol. The first-order valence-corrected chi connectivity index (χ1v) is 7.53. The third-order valence-electron chi connectivity index (χ3n) is 3.71. The van der Waals surface area contributed by atoms with Crippen molar-refractivity contribution in [3.8, 4) is 17.1 Å². The van der Waals surface area contributed by atoms with Crippen molar-refractivity contribution in [2.24, 2.45) is 0 Å². The van der Waals surface area contributed by atoms with Crippen LogP contribution < -0.4 is 0 Å². The minimum absolute atomic E-state index is 0.0308. The quantitative estimate of drug-likeness (QED) is 0.549. The van der Waals surface area contributed by atoms with Crippen LogP contribution in [0.1, 0.15) is 0 Å². The van der Waals surface area contributed by atoms with Crippen molar-refractivity contribution < 1.29 is 8.78 Å². The zero-order valence-corrected chi connectivity index (χ0v) is 13.0. The number of rotatable bonds is 2. The van der Waals surface area contributed by atoms with Gasteiger partial charge in [-0.1, -0.05) is 6.07 Å². The van der Waals surface area contributed by atoms with E-state index in [9.17, 15) is 8.78 Å². The zero-order valence-electron chi connectivity index (χ0n) is 12.2. The maximum atomic E-state index is 14.2. The van der Waals surface area contributed by atoms with Gasteiger partial charge in [0.15, 0.2) is 10.6 Å². The molecule has 7 heteroatoms. The van der Waals surface area contributed by atoms with Crippen molar-refractivity contribution in [1.82, 2.24) is 19.7 Å². The third-order valence-corrected chi connectivity index (χ3v) is 3.98. The van der Waals surface area contributed by atoms with Crippen LogP contribution in [-0.2, 0) is 0 Å². The summed E-state index contributed by atoms with van der Waals surface area (Å²) >= 11 is 5.30. The zero-order chi connectivity index (χ0) is 16.7. The van der Waals surface area contributed by atoms with Crippen LogP contribution in [0.5, 0.6) is 0 Å². The van der Waals surface area contributed by atoms with E-state index in [1.165, 1.54) is 0 Å². The normalized spacial score (nSPS) is 11.1. The number of H-pyrrole nitrogens is 1. The van der Waals surface area contributed by atoms with Gasteiger partial charge >= 0.3 is 0 Å². The summed E-state index contributed by atoms with van der Waals surface area (Å²) < 4.78 is 29.6. The van der Waals surface area contributed by atoms with Gasteiger partial charge in [-0.2, -0.15) is 5.10 Å². The second-order valence-electron chi connectivity index (χ2n) is 5.16. The highest BCUT2D eigenvalue weighted by Gasteiger charge is 2.17. The maximum Gasteiger partial charge on any atom is 0.200 e. The molecule has 0 aliphatic heterocycles. The summed E-state index contributed by atoms with van der Waals surface area (Å²) in [6, 6.07) is 12.4. The van der Waals surface area contributed by atoms with Gasteiger partial charge in [0.25, 0.3) is 0 Å². The highest BCUT2D eigenvalue weighted by molar-refractivity contribution is 7.71. The smallest absolute Gasteiger partial charge is 0.200 e. The molecule has 0 radical (unpaired) electrons. The first kappa shape index (κ1) is 14.6. The summed E-state index contributed by atoms with van der Waals surface area (Å²) in [5.41, 5.74) is 1.49. The summed E-state index contributed by atoms with van der Waals surface area (Å²) in [4.78, 5) is 4.30. The molecule has 4 rings (SSSR count). The molecule has 2 aromatic heterocycles. The van der Waals surface area contributed by atoms with E-state index in [4.69, 9.17) is 12.2 Å². The summed E-state index contributed by atoms with van der Waals surface area (Å²) in [7, 11) is 0. The molecule has 0 unspecified atom stereocenters.